The van der Waals surface area contributed by atoms with Gasteiger partial charge in [0, 0.05) is 11.6 Å². The minimum atomic E-state index is 0.499. The van der Waals surface area contributed by atoms with E-state index in [0.29, 0.717) is 18.5 Å². The Hall–Kier alpha value is -1.45. The van der Waals surface area contributed by atoms with Gasteiger partial charge < -0.3 is 15.5 Å². The molecule has 0 saturated heterocycles. The van der Waals surface area contributed by atoms with Crippen LogP contribution in [0.1, 0.15) is 55.6 Å². The van der Waals surface area contributed by atoms with Gasteiger partial charge in [0.2, 0.25) is 0 Å². The van der Waals surface area contributed by atoms with E-state index in [1.807, 2.05) is 19.9 Å². The second-order valence-corrected chi connectivity index (χ2v) is 5.47. The topological polar surface area (TPSA) is 63.5 Å². The van der Waals surface area contributed by atoms with Gasteiger partial charge in [0.15, 0.2) is 5.96 Å². The molecule has 1 fully saturated rings. The molecule has 1 aliphatic carbocycles. The number of rotatable bonds is 3. The van der Waals surface area contributed by atoms with Crippen molar-refractivity contribution in [2.75, 3.05) is 0 Å². The first-order chi connectivity index (χ1) is 9.15. The summed E-state index contributed by atoms with van der Waals surface area (Å²) in [5.74, 6) is 2.42. The molecule has 4 heteroatoms. The fraction of sp³-hybridized carbons (Fsp3) is 0.667. The lowest BCUT2D eigenvalue weighted by Crippen LogP contribution is -2.39. The van der Waals surface area contributed by atoms with Crippen LogP contribution >= 0.6 is 0 Å². The number of aryl methyl sites for hydroxylation is 2. The van der Waals surface area contributed by atoms with Crippen molar-refractivity contribution < 1.29 is 4.42 Å². The van der Waals surface area contributed by atoms with E-state index in [1.54, 1.807) is 0 Å². The summed E-state index contributed by atoms with van der Waals surface area (Å²) in [7, 11) is 0. The lowest BCUT2D eigenvalue weighted by Gasteiger charge is -2.16. The number of guanidine groups is 1. The second kappa shape index (κ2) is 6.64. The van der Waals surface area contributed by atoms with Gasteiger partial charge in [-0.2, -0.15) is 0 Å². The van der Waals surface area contributed by atoms with Crippen LogP contribution in [0.15, 0.2) is 15.5 Å². The van der Waals surface area contributed by atoms with Gasteiger partial charge >= 0.3 is 0 Å². The van der Waals surface area contributed by atoms with E-state index < -0.39 is 0 Å². The fourth-order valence-corrected chi connectivity index (χ4v) is 2.69. The Labute approximate surface area is 115 Å². The van der Waals surface area contributed by atoms with Crippen LogP contribution < -0.4 is 11.1 Å². The highest BCUT2D eigenvalue weighted by molar-refractivity contribution is 5.78. The maximum atomic E-state index is 5.97. The molecule has 3 N–H and O–H groups in total. The molecular weight excluding hydrogens is 238 g/mol. The van der Waals surface area contributed by atoms with Crippen LogP contribution in [0.4, 0.5) is 0 Å². The van der Waals surface area contributed by atoms with Crippen LogP contribution in [0.5, 0.6) is 0 Å². The quantitative estimate of drug-likeness (QED) is 0.500. The van der Waals surface area contributed by atoms with E-state index >= 15 is 0 Å². The van der Waals surface area contributed by atoms with Crippen LogP contribution in [0, 0.1) is 13.8 Å². The van der Waals surface area contributed by atoms with E-state index in [-0.39, 0.29) is 0 Å². The predicted octanol–water partition coefficient (Wildman–Crippen LogP) is 3.02. The molecule has 1 aliphatic rings. The zero-order valence-electron chi connectivity index (χ0n) is 12.0. The third-order valence-electron chi connectivity index (χ3n) is 3.77. The van der Waals surface area contributed by atoms with Crippen molar-refractivity contribution in [2.24, 2.45) is 10.7 Å². The van der Waals surface area contributed by atoms with Gasteiger partial charge in [-0.3, -0.25) is 0 Å². The second-order valence-electron chi connectivity index (χ2n) is 5.47. The van der Waals surface area contributed by atoms with Crippen molar-refractivity contribution >= 4 is 5.96 Å². The summed E-state index contributed by atoms with van der Waals surface area (Å²) in [5.41, 5.74) is 7.08. The van der Waals surface area contributed by atoms with Crippen LogP contribution in [-0.4, -0.2) is 12.0 Å². The Kier molecular flexibility index (Phi) is 4.88. The first kappa shape index (κ1) is 14.0. The number of hydrogen-bond donors (Lipinski definition) is 2. The lowest BCUT2D eigenvalue weighted by atomic mass is 10.1. The van der Waals surface area contributed by atoms with Crippen LogP contribution in [0.3, 0.4) is 0 Å². The monoisotopic (exact) mass is 263 g/mol. The number of furan rings is 1. The molecule has 0 aliphatic heterocycles. The Morgan fingerprint density at radius 1 is 1.32 bits per heavy atom. The minimum Gasteiger partial charge on any atom is -0.466 e. The summed E-state index contributed by atoms with van der Waals surface area (Å²) >= 11 is 0. The maximum Gasteiger partial charge on any atom is 0.189 e. The summed E-state index contributed by atoms with van der Waals surface area (Å²) < 4.78 is 5.48. The summed E-state index contributed by atoms with van der Waals surface area (Å²) in [4.78, 5) is 4.42. The summed E-state index contributed by atoms with van der Waals surface area (Å²) in [6, 6.07) is 2.52. The van der Waals surface area contributed by atoms with Gasteiger partial charge in [-0.15, -0.1) is 0 Å². The molecule has 1 aromatic heterocycles. The van der Waals surface area contributed by atoms with Gasteiger partial charge in [-0.1, -0.05) is 25.7 Å². The molecule has 0 aromatic carbocycles. The molecule has 4 nitrogen and oxygen atoms in total. The van der Waals surface area contributed by atoms with E-state index in [2.05, 4.69) is 10.3 Å². The van der Waals surface area contributed by atoms with E-state index in [0.717, 1.165) is 17.1 Å². The van der Waals surface area contributed by atoms with Gasteiger partial charge in [-0.25, -0.2) is 4.99 Å². The van der Waals surface area contributed by atoms with E-state index in [4.69, 9.17) is 10.2 Å². The molecule has 0 radical (unpaired) electrons. The molecule has 0 spiro atoms. The molecule has 0 atom stereocenters. The van der Waals surface area contributed by atoms with Crippen molar-refractivity contribution in [1.29, 1.82) is 0 Å². The molecule has 1 saturated carbocycles. The first-order valence-electron chi connectivity index (χ1n) is 7.27. The molecule has 19 heavy (non-hydrogen) atoms. The largest absolute Gasteiger partial charge is 0.466 e. The number of aliphatic imine (C=N–C) groups is 1. The van der Waals surface area contributed by atoms with Crippen molar-refractivity contribution in [2.45, 2.75) is 65.0 Å². The molecule has 0 unspecified atom stereocenters. The van der Waals surface area contributed by atoms with E-state index in [9.17, 15) is 0 Å². The summed E-state index contributed by atoms with van der Waals surface area (Å²) in [6.45, 7) is 4.51. The average Bonchev–Trinajstić information content (AvgIpc) is 2.56. The Balaban J connectivity index is 1.86. The molecule has 2 rings (SSSR count). The van der Waals surface area contributed by atoms with Crippen molar-refractivity contribution in [3.05, 3.63) is 23.2 Å². The Morgan fingerprint density at radius 2 is 2.00 bits per heavy atom. The first-order valence-corrected chi connectivity index (χ1v) is 7.27. The highest BCUT2D eigenvalue weighted by atomic mass is 16.3. The zero-order valence-corrected chi connectivity index (χ0v) is 12.0. The van der Waals surface area contributed by atoms with Gasteiger partial charge in [0.25, 0.3) is 0 Å². The third-order valence-corrected chi connectivity index (χ3v) is 3.77. The Morgan fingerprint density at radius 3 is 2.58 bits per heavy atom. The molecule has 0 amide bonds. The summed E-state index contributed by atoms with van der Waals surface area (Å²) in [5, 5.41) is 3.35. The SMILES string of the molecule is Cc1cc(CN=C(N)NC2CCCCCC2)c(C)o1. The lowest BCUT2D eigenvalue weighted by molar-refractivity contribution is 0.501. The van der Waals surface area contributed by atoms with Crippen LogP contribution in [0.2, 0.25) is 0 Å². The molecule has 1 aromatic rings. The Bertz CT molecular complexity index is 429. The number of hydrogen-bond acceptors (Lipinski definition) is 2. The van der Waals surface area contributed by atoms with Gasteiger partial charge in [0.05, 0.1) is 6.54 Å². The number of nitrogens with two attached hydrogens (primary N) is 1. The average molecular weight is 263 g/mol. The van der Waals surface area contributed by atoms with Crippen molar-refractivity contribution in [3.63, 3.8) is 0 Å². The standard InChI is InChI=1S/C15H25N3O/c1-11-9-13(12(2)19-11)10-17-15(16)18-14-7-5-3-4-6-8-14/h9,14H,3-8,10H2,1-2H3,(H3,16,17,18). The van der Waals surface area contributed by atoms with Crippen molar-refractivity contribution in [3.8, 4) is 0 Å². The normalized spacial score (nSPS) is 18.3. The molecule has 106 valence electrons. The smallest absolute Gasteiger partial charge is 0.189 e. The van der Waals surface area contributed by atoms with Crippen LogP contribution in [-0.2, 0) is 6.54 Å². The van der Waals surface area contributed by atoms with Gasteiger partial charge in [-0.05, 0) is 32.8 Å². The number of nitrogens with zero attached hydrogens (tertiary/aromatic N) is 1. The van der Waals surface area contributed by atoms with Gasteiger partial charge in [0.1, 0.15) is 11.5 Å². The maximum absolute atomic E-state index is 5.97. The van der Waals surface area contributed by atoms with Crippen LogP contribution in [0.25, 0.3) is 0 Å². The number of nitrogens with one attached hydrogen (secondary N) is 1. The third kappa shape index (κ3) is 4.30. The zero-order chi connectivity index (χ0) is 13.7. The predicted molar refractivity (Wildman–Crippen MR) is 78.1 cm³/mol. The van der Waals surface area contributed by atoms with Crippen molar-refractivity contribution in [1.82, 2.24) is 5.32 Å². The molecule has 1 heterocycles. The minimum absolute atomic E-state index is 0.499. The van der Waals surface area contributed by atoms with E-state index in [1.165, 1.54) is 38.5 Å². The fourth-order valence-electron chi connectivity index (χ4n) is 2.69. The molecule has 0 bridgehead atoms. The highest BCUT2D eigenvalue weighted by Crippen LogP contribution is 2.17. The molecular formula is C15H25N3O. The summed E-state index contributed by atoms with van der Waals surface area (Å²) in [6.07, 6.45) is 7.71. The highest BCUT2D eigenvalue weighted by Gasteiger charge is 2.12.